The van der Waals surface area contributed by atoms with Gasteiger partial charge in [-0.05, 0) is 30.4 Å². The van der Waals surface area contributed by atoms with Gasteiger partial charge in [0.1, 0.15) is 6.04 Å². The molecule has 1 fully saturated rings. The average Bonchev–Trinajstić information content (AvgIpc) is 3.21. The van der Waals surface area contributed by atoms with Crippen LogP contribution in [0.4, 0.5) is 5.69 Å². The Bertz CT molecular complexity index is 1090. The van der Waals surface area contributed by atoms with E-state index < -0.39 is 29.7 Å². The number of piperidine rings is 1. The third-order valence-corrected chi connectivity index (χ3v) is 7.06. The highest BCUT2D eigenvalue weighted by atomic mass is 16.6. The lowest BCUT2D eigenvalue weighted by atomic mass is 9.86. The minimum Gasteiger partial charge on any atom is -0.396 e. The van der Waals surface area contributed by atoms with Crippen molar-refractivity contribution in [3.63, 3.8) is 0 Å². The van der Waals surface area contributed by atoms with E-state index >= 15 is 0 Å². The van der Waals surface area contributed by atoms with E-state index in [1.165, 1.54) is 0 Å². The molecule has 1 aromatic rings. The van der Waals surface area contributed by atoms with Crippen molar-refractivity contribution >= 4 is 29.3 Å². The van der Waals surface area contributed by atoms with Crippen LogP contribution in [0.25, 0.3) is 0 Å². The highest BCUT2D eigenvalue weighted by Gasteiger charge is 2.46. The van der Waals surface area contributed by atoms with Crippen LogP contribution in [0.1, 0.15) is 60.7 Å². The van der Waals surface area contributed by atoms with Crippen molar-refractivity contribution in [1.82, 2.24) is 10.2 Å². The van der Waals surface area contributed by atoms with Crippen molar-refractivity contribution in [1.29, 1.82) is 0 Å². The number of aliphatic hydroxyl groups is 1. The summed E-state index contributed by atoms with van der Waals surface area (Å²) in [4.78, 5) is 51.5. The molecule has 2 heterocycles. The van der Waals surface area contributed by atoms with Crippen molar-refractivity contribution in [3.8, 4) is 0 Å². The monoisotopic (exact) mass is 607 g/mol. The van der Waals surface area contributed by atoms with Crippen LogP contribution >= 0.6 is 0 Å². The molecule has 3 N–H and O–H groups in total. The zero-order valence-corrected chi connectivity index (χ0v) is 25.4. The largest absolute Gasteiger partial charge is 0.396 e. The van der Waals surface area contributed by atoms with E-state index in [0.717, 1.165) is 4.90 Å². The van der Waals surface area contributed by atoms with Gasteiger partial charge in [0.25, 0.3) is 11.8 Å². The first-order valence-electron chi connectivity index (χ1n) is 14.8. The SMILES string of the molecule is CC(C)(C)C(COCCOCCOCCOCCOCCCO)Nc1cccc2c1C(=O)N(C1CCC(=O)NC1=O)C2=O. The fraction of sp³-hybridized carbons (Fsp3) is 0.667. The number of ether oxygens (including phenoxy) is 5. The van der Waals surface area contributed by atoms with Crippen LogP contribution in [0.3, 0.4) is 0 Å². The van der Waals surface area contributed by atoms with Gasteiger partial charge in [-0.1, -0.05) is 26.8 Å². The molecule has 13 heteroatoms. The zero-order valence-electron chi connectivity index (χ0n) is 25.4. The van der Waals surface area contributed by atoms with Crippen molar-refractivity contribution in [2.24, 2.45) is 5.41 Å². The normalized spacial score (nSPS) is 17.8. The molecule has 0 aromatic heterocycles. The predicted octanol–water partition coefficient (Wildman–Crippen LogP) is 1.38. The van der Waals surface area contributed by atoms with Gasteiger partial charge in [0.05, 0.1) is 76.6 Å². The number of hydrogen-bond donors (Lipinski definition) is 3. The first-order valence-corrected chi connectivity index (χ1v) is 14.8. The van der Waals surface area contributed by atoms with E-state index in [0.29, 0.717) is 78.2 Å². The maximum atomic E-state index is 13.4. The Labute approximate surface area is 252 Å². The molecule has 2 aliphatic heterocycles. The molecule has 3 rings (SSSR count). The Kier molecular flexibility index (Phi) is 14.0. The number of fused-ring (bicyclic) bond motifs is 1. The van der Waals surface area contributed by atoms with E-state index in [2.05, 4.69) is 10.6 Å². The second-order valence-electron chi connectivity index (χ2n) is 11.3. The van der Waals surface area contributed by atoms with Crippen molar-refractivity contribution in [2.45, 2.75) is 52.1 Å². The standard InChI is InChI=1S/C30H45N3O10/c1-30(2,3)24(20-43-19-18-42-17-16-41-15-14-40-13-12-39-11-5-10-34)31-22-7-4-6-21-26(22)29(38)33(28(21)37)23-8-9-25(35)32-27(23)36/h4,6-7,23-24,31,34H,5,8-20H2,1-3H3,(H,32,35,36). The number of nitrogens with zero attached hydrogens (tertiary/aromatic N) is 1. The number of imide groups is 2. The van der Waals surface area contributed by atoms with Crippen LogP contribution < -0.4 is 10.6 Å². The van der Waals surface area contributed by atoms with Crippen molar-refractivity contribution < 1.29 is 48.0 Å². The number of aliphatic hydroxyl groups excluding tert-OH is 1. The Hall–Kier alpha value is -2.94. The molecule has 0 bridgehead atoms. The summed E-state index contributed by atoms with van der Waals surface area (Å²) in [6.45, 7) is 10.6. The Morgan fingerprint density at radius 2 is 1.47 bits per heavy atom. The first kappa shape index (κ1) is 34.5. The minimum absolute atomic E-state index is 0.0635. The number of anilines is 1. The molecule has 2 aliphatic rings. The van der Waals surface area contributed by atoms with Crippen LogP contribution in [-0.2, 0) is 33.3 Å². The lowest BCUT2D eigenvalue weighted by Gasteiger charge is -2.33. The third kappa shape index (κ3) is 10.3. The lowest BCUT2D eigenvalue weighted by molar-refractivity contribution is -0.136. The maximum Gasteiger partial charge on any atom is 0.264 e. The number of benzene rings is 1. The fourth-order valence-corrected chi connectivity index (χ4v) is 4.58. The van der Waals surface area contributed by atoms with Crippen LogP contribution in [-0.4, -0.2) is 118 Å². The Morgan fingerprint density at radius 3 is 2.02 bits per heavy atom. The number of carbonyl (C=O) groups is 4. The molecule has 4 amide bonds. The molecule has 1 saturated heterocycles. The van der Waals surface area contributed by atoms with Crippen molar-refractivity contribution in [2.75, 3.05) is 78.0 Å². The van der Waals surface area contributed by atoms with Crippen LogP contribution in [0.2, 0.25) is 0 Å². The summed E-state index contributed by atoms with van der Waals surface area (Å²) in [5, 5.41) is 14.3. The highest BCUT2D eigenvalue weighted by molar-refractivity contribution is 6.25. The molecule has 1 aromatic carbocycles. The molecule has 0 radical (unpaired) electrons. The molecular formula is C30H45N3O10. The van der Waals surface area contributed by atoms with Crippen LogP contribution in [0.5, 0.6) is 0 Å². The third-order valence-electron chi connectivity index (χ3n) is 7.06. The molecule has 0 aliphatic carbocycles. The minimum atomic E-state index is -1.02. The molecular weight excluding hydrogens is 562 g/mol. The van der Waals surface area contributed by atoms with E-state index in [9.17, 15) is 19.2 Å². The van der Waals surface area contributed by atoms with E-state index in [1.807, 2.05) is 20.8 Å². The summed E-state index contributed by atoms with van der Waals surface area (Å²) in [6.07, 6.45) is 0.786. The summed E-state index contributed by atoms with van der Waals surface area (Å²) < 4.78 is 27.6. The van der Waals surface area contributed by atoms with Gasteiger partial charge in [0.15, 0.2) is 0 Å². The predicted molar refractivity (Wildman–Crippen MR) is 156 cm³/mol. The first-order chi connectivity index (χ1) is 20.6. The van der Waals surface area contributed by atoms with Gasteiger partial charge in [-0.2, -0.15) is 0 Å². The van der Waals surface area contributed by atoms with Crippen LogP contribution in [0, 0.1) is 5.41 Å². The van der Waals surface area contributed by atoms with Gasteiger partial charge >= 0.3 is 0 Å². The van der Waals surface area contributed by atoms with Gasteiger partial charge in [0, 0.05) is 25.3 Å². The van der Waals surface area contributed by atoms with Gasteiger partial charge in [-0.3, -0.25) is 29.4 Å². The second kappa shape index (κ2) is 17.4. The summed E-state index contributed by atoms with van der Waals surface area (Å²) in [6, 6.07) is 3.76. The molecule has 2 atom stereocenters. The number of nitrogens with one attached hydrogen (secondary N) is 2. The topological polar surface area (TPSA) is 162 Å². The number of amides is 4. The van der Waals surface area contributed by atoms with Gasteiger partial charge in [-0.25, -0.2) is 0 Å². The van der Waals surface area contributed by atoms with E-state index in [4.69, 9.17) is 28.8 Å². The maximum absolute atomic E-state index is 13.4. The average molecular weight is 608 g/mol. The molecule has 240 valence electrons. The Balaban J connectivity index is 1.40. The highest BCUT2D eigenvalue weighted by Crippen LogP contribution is 2.34. The van der Waals surface area contributed by atoms with Crippen LogP contribution in [0.15, 0.2) is 18.2 Å². The molecule has 13 nitrogen and oxygen atoms in total. The molecule has 0 saturated carbocycles. The second-order valence-corrected chi connectivity index (χ2v) is 11.3. The van der Waals surface area contributed by atoms with E-state index in [1.54, 1.807) is 18.2 Å². The van der Waals surface area contributed by atoms with Gasteiger partial charge < -0.3 is 34.1 Å². The lowest BCUT2D eigenvalue weighted by Crippen LogP contribution is -2.54. The van der Waals surface area contributed by atoms with Gasteiger partial charge in [-0.15, -0.1) is 0 Å². The van der Waals surface area contributed by atoms with Crippen molar-refractivity contribution in [3.05, 3.63) is 29.3 Å². The summed E-state index contributed by atoms with van der Waals surface area (Å²) in [5.74, 6) is -2.16. The fourth-order valence-electron chi connectivity index (χ4n) is 4.58. The Morgan fingerprint density at radius 1 is 0.884 bits per heavy atom. The van der Waals surface area contributed by atoms with E-state index in [-0.39, 0.29) is 42.0 Å². The molecule has 0 spiro atoms. The van der Waals surface area contributed by atoms with Gasteiger partial charge in [0.2, 0.25) is 11.8 Å². The summed E-state index contributed by atoms with van der Waals surface area (Å²) >= 11 is 0. The smallest absolute Gasteiger partial charge is 0.264 e. The zero-order chi connectivity index (χ0) is 31.2. The number of carbonyl (C=O) groups excluding carboxylic acids is 4. The quantitative estimate of drug-likeness (QED) is 0.145. The number of rotatable bonds is 20. The summed E-state index contributed by atoms with van der Waals surface area (Å²) in [7, 11) is 0. The summed E-state index contributed by atoms with van der Waals surface area (Å²) in [5.41, 5.74) is 0.658. The molecule has 43 heavy (non-hydrogen) atoms. The number of hydrogen-bond acceptors (Lipinski definition) is 11. The molecule has 2 unspecified atom stereocenters.